The van der Waals surface area contributed by atoms with Gasteiger partial charge in [0.25, 0.3) is 0 Å². The van der Waals surface area contributed by atoms with Crippen molar-refractivity contribution in [3.05, 3.63) is 29.3 Å². The minimum Gasteiger partial charge on any atom is -0.355 e. The molecular weight excluding hydrogens is 278 g/mol. The Labute approximate surface area is 118 Å². The Morgan fingerprint density at radius 1 is 1.35 bits per heavy atom. The van der Waals surface area contributed by atoms with Crippen LogP contribution < -0.4 is 5.32 Å². The van der Waals surface area contributed by atoms with E-state index in [1.54, 1.807) is 6.92 Å². The highest BCUT2D eigenvalue weighted by molar-refractivity contribution is 7.89. The molecule has 106 valence electrons. The predicted octanol–water partition coefficient (Wildman–Crippen LogP) is 0.377. The van der Waals surface area contributed by atoms with Crippen LogP contribution >= 0.6 is 0 Å². The molecule has 6 nitrogen and oxygen atoms in total. The molecule has 1 aliphatic heterocycles. The molecule has 0 aromatic heterocycles. The van der Waals surface area contributed by atoms with E-state index in [4.69, 9.17) is 5.26 Å². The van der Waals surface area contributed by atoms with Crippen LogP contribution in [0.4, 0.5) is 0 Å². The standard InChI is InChI=1S/C13H15N3O3S/c1-10-8-12(3-2-11(10)9-14)20(18,19)16-6-4-13(17)15-5-7-16/h2-3,8H,4-7H2,1H3,(H,15,17). The van der Waals surface area contributed by atoms with E-state index in [1.807, 2.05) is 6.07 Å². The summed E-state index contributed by atoms with van der Waals surface area (Å²) in [6, 6.07) is 6.44. The van der Waals surface area contributed by atoms with E-state index in [1.165, 1.54) is 22.5 Å². The molecule has 1 saturated heterocycles. The lowest BCUT2D eigenvalue weighted by Gasteiger charge is -2.19. The summed E-state index contributed by atoms with van der Waals surface area (Å²) < 4.78 is 26.3. The highest BCUT2D eigenvalue weighted by Crippen LogP contribution is 2.19. The Morgan fingerprint density at radius 2 is 2.10 bits per heavy atom. The summed E-state index contributed by atoms with van der Waals surface area (Å²) in [6.07, 6.45) is 0.161. The van der Waals surface area contributed by atoms with E-state index in [0.29, 0.717) is 17.7 Å². The van der Waals surface area contributed by atoms with Crippen LogP contribution in [0.25, 0.3) is 0 Å². The normalized spacial score (nSPS) is 17.1. The summed E-state index contributed by atoms with van der Waals surface area (Å²) in [7, 11) is -3.62. The topological polar surface area (TPSA) is 90.3 Å². The second-order valence-corrected chi connectivity index (χ2v) is 6.53. The average molecular weight is 293 g/mol. The Balaban J connectivity index is 2.32. The summed E-state index contributed by atoms with van der Waals surface area (Å²) in [5.74, 6) is -0.140. The van der Waals surface area contributed by atoms with Gasteiger partial charge in [0, 0.05) is 26.1 Å². The number of nitrogens with one attached hydrogen (secondary N) is 1. The van der Waals surface area contributed by atoms with E-state index in [2.05, 4.69) is 5.32 Å². The molecule has 1 heterocycles. The molecule has 1 aromatic rings. The van der Waals surface area contributed by atoms with Gasteiger partial charge in [-0.25, -0.2) is 8.42 Å². The van der Waals surface area contributed by atoms with Gasteiger partial charge in [-0.2, -0.15) is 9.57 Å². The van der Waals surface area contributed by atoms with Crippen LogP contribution in [0.1, 0.15) is 17.5 Å². The summed E-state index contributed by atoms with van der Waals surface area (Å²) in [6.45, 7) is 2.44. The highest BCUT2D eigenvalue weighted by Gasteiger charge is 2.27. The molecule has 1 aromatic carbocycles. The van der Waals surface area contributed by atoms with Crippen molar-refractivity contribution in [2.24, 2.45) is 0 Å². The van der Waals surface area contributed by atoms with Crippen LogP contribution in [0.5, 0.6) is 0 Å². The fraction of sp³-hybridized carbons (Fsp3) is 0.385. The van der Waals surface area contributed by atoms with Gasteiger partial charge in [0.05, 0.1) is 16.5 Å². The number of hydrogen-bond donors (Lipinski definition) is 1. The number of sulfonamides is 1. The molecule has 1 aliphatic rings. The van der Waals surface area contributed by atoms with Crippen molar-refractivity contribution in [3.63, 3.8) is 0 Å². The molecular formula is C13H15N3O3S. The molecule has 7 heteroatoms. The van der Waals surface area contributed by atoms with E-state index < -0.39 is 10.0 Å². The summed E-state index contributed by atoms with van der Waals surface area (Å²) in [5, 5.41) is 11.5. The lowest BCUT2D eigenvalue weighted by atomic mass is 10.1. The molecule has 20 heavy (non-hydrogen) atoms. The predicted molar refractivity (Wildman–Crippen MR) is 72.3 cm³/mol. The fourth-order valence-electron chi connectivity index (χ4n) is 2.06. The van der Waals surface area contributed by atoms with Crippen molar-refractivity contribution in [2.75, 3.05) is 19.6 Å². The Morgan fingerprint density at radius 3 is 2.75 bits per heavy atom. The van der Waals surface area contributed by atoms with Crippen LogP contribution in [0, 0.1) is 18.3 Å². The first-order valence-electron chi connectivity index (χ1n) is 6.23. The van der Waals surface area contributed by atoms with Crippen LogP contribution in [0.15, 0.2) is 23.1 Å². The van der Waals surface area contributed by atoms with Gasteiger partial charge < -0.3 is 5.32 Å². The number of hydrogen-bond acceptors (Lipinski definition) is 4. The maximum atomic E-state index is 12.5. The Hall–Kier alpha value is -1.91. The molecule has 0 bridgehead atoms. The van der Waals surface area contributed by atoms with Gasteiger partial charge >= 0.3 is 0 Å². The lowest BCUT2D eigenvalue weighted by molar-refractivity contribution is -0.120. The molecule has 0 radical (unpaired) electrons. The van der Waals surface area contributed by atoms with Gasteiger partial charge in [0.15, 0.2) is 0 Å². The average Bonchev–Trinajstić information content (AvgIpc) is 2.63. The lowest BCUT2D eigenvalue weighted by Crippen LogP contribution is -2.34. The molecule has 0 unspecified atom stereocenters. The largest absolute Gasteiger partial charge is 0.355 e. The third-order valence-corrected chi connectivity index (χ3v) is 5.12. The quantitative estimate of drug-likeness (QED) is 0.853. The smallest absolute Gasteiger partial charge is 0.243 e. The van der Waals surface area contributed by atoms with Crippen molar-refractivity contribution in [2.45, 2.75) is 18.2 Å². The van der Waals surface area contributed by atoms with Gasteiger partial charge in [0.1, 0.15) is 0 Å². The maximum Gasteiger partial charge on any atom is 0.243 e. The molecule has 2 rings (SSSR count). The molecule has 1 fully saturated rings. The fourth-order valence-corrected chi connectivity index (χ4v) is 3.59. The Bertz CT molecular complexity index is 677. The number of aryl methyl sites for hydroxylation is 1. The van der Waals surface area contributed by atoms with Gasteiger partial charge in [-0.15, -0.1) is 0 Å². The van der Waals surface area contributed by atoms with Crippen molar-refractivity contribution in [1.29, 1.82) is 5.26 Å². The van der Waals surface area contributed by atoms with Crippen molar-refractivity contribution in [3.8, 4) is 6.07 Å². The number of carbonyl (C=O) groups excluding carboxylic acids is 1. The molecule has 0 aliphatic carbocycles. The first-order valence-corrected chi connectivity index (χ1v) is 7.67. The summed E-state index contributed by atoms with van der Waals surface area (Å²) >= 11 is 0. The van der Waals surface area contributed by atoms with Gasteiger partial charge in [0.2, 0.25) is 15.9 Å². The van der Waals surface area contributed by atoms with Crippen LogP contribution in [0.3, 0.4) is 0 Å². The van der Waals surface area contributed by atoms with Crippen LogP contribution in [-0.4, -0.2) is 38.3 Å². The third-order valence-electron chi connectivity index (χ3n) is 3.23. The molecule has 0 atom stereocenters. The highest BCUT2D eigenvalue weighted by atomic mass is 32.2. The van der Waals surface area contributed by atoms with E-state index in [9.17, 15) is 13.2 Å². The monoisotopic (exact) mass is 293 g/mol. The van der Waals surface area contributed by atoms with Gasteiger partial charge in [-0.05, 0) is 30.7 Å². The number of nitriles is 1. The van der Waals surface area contributed by atoms with E-state index in [0.717, 1.165) is 0 Å². The zero-order valence-corrected chi connectivity index (χ0v) is 11.9. The summed E-state index contributed by atoms with van der Waals surface area (Å²) in [4.78, 5) is 11.4. The first kappa shape index (κ1) is 14.5. The zero-order valence-electron chi connectivity index (χ0n) is 11.1. The van der Waals surface area contributed by atoms with Crippen molar-refractivity contribution in [1.82, 2.24) is 9.62 Å². The number of rotatable bonds is 2. The molecule has 0 saturated carbocycles. The third kappa shape index (κ3) is 2.81. The molecule has 1 amide bonds. The van der Waals surface area contributed by atoms with E-state index in [-0.39, 0.29) is 30.3 Å². The number of carbonyl (C=O) groups is 1. The molecule has 0 spiro atoms. The maximum absolute atomic E-state index is 12.5. The van der Waals surface area contributed by atoms with Crippen molar-refractivity contribution >= 4 is 15.9 Å². The van der Waals surface area contributed by atoms with E-state index >= 15 is 0 Å². The minimum atomic E-state index is -3.62. The zero-order chi connectivity index (χ0) is 14.8. The SMILES string of the molecule is Cc1cc(S(=O)(=O)N2CCNC(=O)CC2)ccc1C#N. The van der Waals surface area contributed by atoms with Crippen LogP contribution in [-0.2, 0) is 14.8 Å². The van der Waals surface area contributed by atoms with Gasteiger partial charge in [-0.1, -0.05) is 0 Å². The first-order chi connectivity index (χ1) is 9.45. The minimum absolute atomic E-state index is 0.140. The number of amides is 1. The second kappa shape index (κ2) is 5.61. The Kier molecular flexibility index (Phi) is 4.06. The number of benzene rings is 1. The van der Waals surface area contributed by atoms with Crippen LogP contribution in [0.2, 0.25) is 0 Å². The van der Waals surface area contributed by atoms with Crippen molar-refractivity contribution < 1.29 is 13.2 Å². The summed E-state index contributed by atoms with van der Waals surface area (Å²) in [5.41, 5.74) is 1.08. The second-order valence-electron chi connectivity index (χ2n) is 4.59. The molecule has 1 N–H and O–H groups in total. The number of nitrogens with zero attached hydrogens (tertiary/aromatic N) is 2. The van der Waals surface area contributed by atoms with Gasteiger partial charge in [-0.3, -0.25) is 4.79 Å².